The lowest BCUT2D eigenvalue weighted by molar-refractivity contribution is -0.134. The number of hydrogen-bond donors (Lipinski definition) is 0. The Balaban J connectivity index is 1.47. The standard InChI is InChI=1S/C25H33N3O2/c1-19-23(20(2)29)17-24(21-9-5-3-6-10-21)28(19)18-25(30)27-15-13-26(14-16-27)22-11-7-4-8-12-22/h3,5-6,9-10,17,22H,4,7-8,11-16,18H2,1-2H3. The van der Waals surface area contributed by atoms with Crippen molar-refractivity contribution in [2.45, 2.75) is 58.5 Å². The fourth-order valence-corrected chi connectivity index (χ4v) is 5.07. The van der Waals surface area contributed by atoms with Crippen molar-refractivity contribution >= 4 is 11.7 Å². The van der Waals surface area contributed by atoms with Gasteiger partial charge >= 0.3 is 0 Å². The predicted molar refractivity (Wildman–Crippen MR) is 120 cm³/mol. The fraction of sp³-hybridized carbons (Fsp3) is 0.520. The van der Waals surface area contributed by atoms with Gasteiger partial charge in [-0.3, -0.25) is 14.5 Å². The van der Waals surface area contributed by atoms with Gasteiger partial charge in [-0.15, -0.1) is 0 Å². The van der Waals surface area contributed by atoms with Gasteiger partial charge in [-0.2, -0.15) is 0 Å². The number of hydrogen-bond acceptors (Lipinski definition) is 3. The molecule has 4 rings (SSSR count). The van der Waals surface area contributed by atoms with E-state index >= 15 is 0 Å². The highest BCUT2D eigenvalue weighted by Gasteiger charge is 2.28. The summed E-state index contributed by atoms with van der Waals surface area (Å²) in [5.41, 5.74) is 3.54. The van der Waals surface area contributed by atoms with Crippen LogP contribution in [0.2, 0.25) is 0 Å². The molecule has 1 aliphatic carbocycles. The van der Waals surface area contributed by atoms with Gasteiger partial charge in [0.1, 0.15) is 6.54 Å². The minimum Gasteiger partial charge on any atom is -0.339 e. The van der Waals surface area contributed by atoms with Crippen LogP contribution in [0.4, 0.5) is 0 Å². The monoisotopic (exact) mass is 407 g/mol. The van der Waals surface area contributed by atoms with Crippen molar-refractivity contribution in [3.05, 3.63) is 47.7 Å². The molecular weight excluding hydrogens is 374 g/mol. The quantitative estimate of drug-likeness (QED) is 0.700. The Morgan fingerprint density at radius 1 is 0.967 bits per heavy atom. The molecule has 2 aliphatic rings. The first-order valence-corrected chi connectivity index (χ1v) is 11.3. The highest BCUT2D eigenvalue weighted by atomic mass is 16.2. The lowest BCUT2D eigenvalue weighted by Gasteiger charge is -2.40. The number of aromatic nitrogens is 1. The molecular formula is C25H33N3O2. The third-order valence-electron chi connectivity index (χ3n) is 6.87. The van der Waals surface area contributed by atoms with E-state index < -0.39 is 0 Å². The number of piperazine rings is 1. The molecule has 0 bridgehead atoms. The first-order chi connectivity index (χ1) is 14.5. The zero-order valence-corrected chi connectivity index (χ0v) is 18.3. The van der Waals surface area contributed by atoms with Gasteiger partial charge in [-0.25, -0.2) is 0 Å². The minimum atomic E-state index is 0.0389. The van der Waals surface area contributed by atoms with E-state index in [1.807, 2.05) is 52.8 Å². The van der Waals surface area contributed by atoms with Crippen molar-refractivity contribution in [2.24, 2.45) is 0 Å². The molecule has 0 atom stereocenters. The third-order valence-corrected chi connectivity index (χ3v) is 6.87. The Labute approximate surface area is 179 Å². The molecule has 1 aromatic carbocycles. The fourth-order valence-electron chi connectivity index (χ4n) is 5.07. The zero-order valence-electron chi connectivity index (χ0n) is 18.3. The van der Waals surface area contributed by atoms with Gasteiger partial charge in [-0.05, 0) is 38.3 Å². The van der Waals surface area contributed by atoms with E-state index in [1.54, 1.807) is 6.92 Å². The van der Waals surface area contributed by atoms with Crippen LogP contribution in [0.3, 0.4) is 0 Å². The second-order valence-corrected chi connectivity index (χ2v) is 8.75. The SMILES string of the molecule is CC(=O)c1cc(-c2ccccc2)n(CC(=O)N2CCN(C3CCCCC3)CC2)c1C. The zero-order chi connectivity index (χ0) is 21.1. The molecule has 1 aliphatic heterocycles. The van der Waals surface area contributed by atoms with Crippen molar-refractivity contribution in [1.29, 1.82) is 0 Å². The average molecular weight is 408 g/mol. The molecule has 2 heterocycles. The van der Waals surface area contributed by atoms with Gasteiger partial charge in [0.15, 0.2) is 5.78 Å². The Morgan fingerprint density at radius 3 is 2.27 bits per heavy atom. The number of carbonyl (C=O) groups excluding carboxylic acids is 2. The topological polar surface area (TPSA) is 45.6 Å². The number of ketones is 1. The number of Topliss-reactive ketones (excluding diaryl/α,β-unsaturated/α-hetero) is 1. The molecule has 1 amide bonds. The molecule has 160 valence electrons. The van der Waals surface area contributed by atoms with Crippen LogP contribution >= 0.6 is 0 Å². The van der Waals surface area contributed by atoms with Crippen LogP contribution in [0.1, 0.15) is 55.1 Å². The van der Waals surface area contributed by atoms with Crippen molar-refractivity contribution in [2.75, 3.05) is 26.2 Å². The summed E-state index contributed by atoms with van der Waals surface area (Å²) < 4.78 is 2.02. The summed E-state index contributed by atoms with van der Waals surface area (Å²) >= 11 is 0. The molecule has 1 saturated heterocycles. The molecule has 1 aromatic heterocycles. The van der Waals surface area contributed by atoms with Crippen LogP contribution in [-0.4, -0.2) is 58.3 Å². The summed E-state index contributed by atoms with van der Waals surface area (Å²) in [7, 11) is 0. The van der Waals surface area contributed by atoms with E-state index in [9.17, 15) is 9.59 Å². The molecule has 0 radical (unpaired) electrons. The summed E-state index contributed by atoms with van der Waals surface area (Å²) in [6, 6.07) is 12.7. The van der Waals surface area contributed by atoms with Crippen LogP contribution in [0.25, 0.3) is 11.3 Å². The van der Waals surface area contributed by atoms with Gasteiger partial charge in [0.05, 0.1) is 0 Å². The molecule has 0 unspecified atom stereocenters. The molecule has 2 fully saturated rings. The Morgan fingerprint density at radius 2 is 1.63 bits per heavy atom. The molecule has 5 heteroatoms. The molecule has 0 spiro atoms. The summed E-state index contributed by atoms with van der Waals surface area (Å²) in [6.07, 6.45) is 6.68. The first kappa shape index (κ1) is 20.9. The summed E-state index contributed by atoms with van der Waals surface area (Å²) in [5.74, 6) is 0.182. The second-order valence-electron chi connectivity index (χ2n) is 8.75. The third kappa shape index (κ3) is 4.36. The van der Waals surface area contributed by atoms with Crippen molar-refractivity contribution in [3.8, 4) is 11.3 Å². The highest BCUT2D eigenvalue weighted by Crippen LogP contribution is 2.27. The lowest BCUT2D eigenvalue weighted by atomic mass is 9.94. The van der Waals surface area contributed by atoms with Gasteiger partial charge in [-0.1, -0.05) is 49.6 Å². The van der Waals surface area contributed by atoms with Crippen LogP contribution < -0.4 is 0 Å². The van der Waals surface area contributed by atoms with Crippen molar-refractivity contribution in [1.82, 2.24) is 14.4 Å². The van der Waals surface area contributed by atoms with E-state index in [0.29, 0.717) is 11.6 Å². The maximum absolute atomic E-state index is 13.2. The van der Waals surface area contributed by atoms with Crippen LogP contribution in [-0.2, 0) is 11.3 Å². The van der Waals surface area contributed by atoms with E-state index in [4.69, 9.17) is 0 Å². The van der Waals surface area contributed by atoms with E-state index in [0.717, 1.165) is 43.1 Å². The van der Waals surface area contributed by atoms with Gasteiger partial charge < -0.3 is 9.47 Å². The van der Waals surface area contributed by atoms with Crippen LogP contribution in [0.5, 0.6) is 0 Å². The number of benzene rings is 1. The van der Waals surface area contributed by atoms with Crippen LogP contribution in [0, 0.1) is 6.92 Å². The average Bonchev–Trinajstić information content (AvgIpc) is 3.11. The second kappa shape index (κ2) is 9.17. The summed E-state index contributed by atoms with van der Waals surface area (Å²) in [5, 5.41) is 0. The first-order valence-electron chi connectivity index (χ1n) is 11.3. The van der Waals surface area contributed by atoms with E-state index in [2.05, 4.69) is 4.90 Å². The largest absolute Gasteiger partial charge is 0.339 e. The van der Waals surface area contributed by atoms with Gasteiger partial charge in [0.2, 0.25) is 5.91 Å². The number of amides is 1. The van der Waals surface area contributed by atoms with Crippen molar-refractivity contribution < 1.29 is 9.59 Å². The highest BCUT2D eigenvalue weighted by molar-refractivity contribution is 5.97. The van der Waals surface area contributed by atoms with Crippen LogP contribution in [0.15, 0.2) is 36.4 Å². The maximum atomic E-state index is 13.2. The summed E-state index contributed by atoms with van der Waals surface area (Å²) in [6.45, 7) is 7.38. The van der Waals surface area contributed by atoms with Gasteiger partial charge in [0, 0.05) is 49.2 Å². The molecule has 2 aromatic rings. The van der Waals surface area contributed by atoms with E-state index in [1.165, 1.54) is 32.1 Å². The number of nitrogens with zero attached hydrogens (tertiary/aromatic N) is 3. The Hall–Kier alpha value is -2.40. The number of carbonyl (C=O) groups is 2. The smallest absolute Gasteiger partial charge is 0.242 e. The Bertz CT molecular complexity index is 889. The minimum absolute atomic E-state index is 0.0389. The summed E-state index contributed by atoms with van der Waals surface area (Å²) in [4.78, 5) is 29.9. The predicted octanol–water partition coefficient (Wildman–Crippen LogP) is 4.14. The maximum Gasteiger partial charge on any atom is 0.242 e. The van der Waals surface area contributed by atoms with Gasteiger partial charge in [0.25, 0.3) is 0 Å². The molecule has 1 saturated carbocycles. The van der Waals surface area contributed by atoms with E-state index in [-0.39, 0.29) is 18.2 Å². The Kier molecular flexibility index (Phi) is 6.38. The lowest BCUT2D eigenvalue weighted by Crippen LogP contribution is -2.52. The molecule has 5 nitrogen and oxygen atoms in total. The number of rotatable bonds is 5. The van der Waals surface area contributed by atoms with Crippen molar-refractivity contribution in [3.63, 3.8) is 0 Å². The normalized spacial score (nSPS) is 18.5. The molecule has 0 N–H and O–H groups in total. The molecule has 30 heavy (non-hydrogen) atoms.